The Kier molecular flexibility index (Phi) is 7.06. The first-order valence-corrected chi connectivity index (χ1v) is 5.70. The van der Waals surface area contributed by atoms with Gasteiger partial charge in [-0.1, -0.05) is 6.58 Å². The number of amides is 1. The van der Waals surface area contributed by atoms with E-state index in [1.807, 2.05) is 5.32 Å². The van der Waals surface area contributed by atoms with Crippen LogP contribution in [-0.4, -0.2) is 42.2 Å². The number of carbonyl (C=O) groups is 2. The van der Waals surface area contributed by atoms with E-state index in [4.69, 9.17) is 5.11 Å². The summed E-state index contributed by atoms with van der Waals surface area (Å²) in [6.45, 7) is 7.48. The zero-order chi connectivity index (χ0) is 15.1. The molecule has 0 aliphatic carbocycles. The van der Waals surface area contributed by atoms with Gasteiger partial charge in [0, 0.05) is 18.7 Å². The second-order valence-corrected chi connectivity index (χ2v) is 3.92. The van der Waals surface area contributed by atoms with Crippen LogP contribution in [0.5, 0.6) is 0 Å². The van der Waals surface area contributed by atoms with Crippen LogP contribution in [0.3, 0.4) is 0 Å². The number of hydrogen-bond acceptors (Lipinski definition) is 4. The fourth-order valence-corrected chi connectivity index (χ4v) is 1.09. The van der Waals surface area contributed by atoms with Gasteiger partial charge in [0.05, 0.1) is 6.92 Å². The highest BCUT2D eigenvalue weighted by atomic mass is 19.3. The number of ether oxygens (including phenoxy) is 1. The Bertz CT molecular complexity index is 345. The van der Waals surface area contributed by atoms with Gasteiger partial charge in [-0.2, -0.15) is 8.78 Å². The highest BCUT2D eigenvalue weighted by Crippen LogP contribution is 2.25. The third-order valence-electron chi connectivity index (χ3n) is 2.19. The molecule has 0 aliphatic rings. The number of alkyl halides is 2. The molecule has 1 unspecified atom stereocenters. The minimum absolute atomic E-state index is 0.0464. The van der Waals surface area contributed by atoms with Gasteiger partial charge in [-0.25, -0.2) is 4.79 Å². The van der Waals surface area contributed by atoms with Crippen LogP contribution in [0.25, 0.3) is 0 Å². The molecule has 0 spiro atoms. The van der Waals surface area contributed by atoms with E-state index in [0.717, 1.165) is 0 Å². The van der Waals surface area contributed by atoms with E-state index < -0.39 is 30.3 Å². The minimum atomic E-state index is -3.89. The van der Waals surface area contributed by atoms with Gasteiger partial charge in [-0.3, -0.25) is 4.79 Å². The van der Waals surface area contributed by atoms with Gasteiger partial charge in [-0.05, 0) is 13.3 Å². The second kappa shape index (κ2) is 7.73. The molecule has 0 heterocycles. The van der Waals surface area contributed by atoms with Crippen molar-refractivity contribution < 1.29 is 28.2 Å². The monoisotopic (exact) mass is 278 g/mol. The van der Waals surface area contributed by atoms with Crippen LogP contribution < -0.4 is 5.32 Å². The molecule has 0 saturated carbocycles. The lowest BCUT2D eigenvalue weighted by Crippen LogP contribution is -2.50. The number of carbonyl (C=O) groups excluding carboxylic acids is 2. The molecule has 1 atom stereocenters. The number of aliphatic hydroxyl groups is 1. The number of aliphatic hydroxyl groups excluding tert-OH is 1. The summed E-state index contributed by atoms with van der Waals surface area (Å²) in [5, 5.41) is 10.4. The summed E-state index contributed by atoms with van der Waals surface area (Å²) in [7, 11) is 0. The Morgan fingerprint density at radius 3 is 2.53 bits per heavy atom. The molecule has 19 heavy (non-hydrogen) atoms. The average molecular weight is 278 g/mol. The number of esters is 1. The quantitative estimate of drug-likeness (QED) is 0.298. The maximum absolute atomic E-state index is 13.7. The third-order valence-corrected chi connectivity index (χ3v) is 2.19. The Morgan fingerprint density at radius 1 is 1.53 bits per heavy atom. The maximum Gasteiger partial charge on any atom is 0.364 e. The van der Waals surface area contributed by atoms with Gasteiger partial charge < -0.3 is 15.2 Å². The fourth-order valence-electron chi connectivity index (χ4n) is 1.09. The number of rotatable bonds is 8. The molecule has 0 aromatic carbocycles. The molecular formula is C12H18F2NO4+. The maximum atomic E-state index is 13.7. The van der Waals surface area contributed by atoms with Crippen LogP contribution >= 0.6 is 0 Å². The molecule has 0 aromatic rings. The summed E-state index contributed by atoms with van der Waals surface area (Å²) in [5.74, 6) is -6.46. The van der Waals surface area contributed by atoms with E-state index in [0.29, 0.717) is 0 Å². The summed E-state index contributed by atoms with van der Waals surface area (Å²) in [4.78, 5) is 22.5. The standard InChI is InChI=1S/C12H17F2NO4/c1-4-9(19-10(17)8(2)3)12(13,14)11(18)15-6-5-7-16/h9,16H,1-2,4-7H2,3H3/p+1. The third kappa shape index (κ3) is 5.25. The average Bonchev–Trinajstić information content (AvgIpc) is 2.35. The van der Waals surface area contributed by atoms with E-state index in [9.17, 15) is 18.4 Å². The van der Waals surface area contributed by atoms with Gasteiger partial charge in [-0.15, -0.1) is 0 Å². The molecular weight excluding hydrogens is 260 g/mol. The van der Waals surface area contributed by atoms with Crippen molar-refractivity contribution in [2.24, 2.45) is 0 Å². The summed E-state index contributed by atoms with van der Waals surface area (Å²) in [6.07, 6.45) is -2.26. The predicted molar refractivity (Wildman–Crippen MR) is 64.3 cm³/mol. The Balaban J connectivity index is 4.67. The van der Waals surface area contributed by atoms with E-state index in [-0.39, 0.29) is 25.1 Å². The highest BCUT2D eigenvalue weighted by molar-refractivity contribution is 5.88. The van der Waals surface area contributed by atoms with E-state index in [1.165, 1.54) is 6.92 Å². The summed E-state index contributed by atoms with van der Waals surface area (Å²) in [5.41, 5.74) is -0.0464. The van der Waals surface area contributed by atoms with Crippen molar-refractivity contribution in [1.82, 2.24) is 5.32 Å². The van der Waals surface area contributed by atoms with Crippen molar-refractivity contribution in [1.29, 1.82) is 0 Å². The van der Waals surface area contributed by atoms with Gasteiger partial charge in [0.1, 0.15) is 6.42 Å². The summed E-state index contributed by atoms with van der Waals surface area (Å²) in [6, 6.07) is 0. The van der Waals surface area contributed by atoms with Crippen LogP contribution in [0.4, 0.5) is 8.78 Å². The predicted octanol–water partition coefficient (Wildman–Crippen LogP) is 0.832. The van der Waals surface area contributed by atoms with Crippen LogP contribution in [0, 0.1) is 6.92 Å². The molecule has 5 nitrogen and oxygen atoms in total. The Labute approximate surface area is 110 Å². The van der Waals surface area contributed by atoms with Gasteiger partial charge in [0.25, 0.3) is 5.91 Å². The SMILES string of the molecule is C=C(C)C(=O)OC(C[CH2+])C(F)(F)C(=O)NCCCO. The molecule has 7 heteroatoms. The smallest absolute Gasteiger partial charge is 0.364 e. The number of halogens is 2. The molecule has 0 radical (unpaired) electrons. The molecule has 2 N–H and O–H groups in total. The van der Waals surface area contributed by atoms with Gasteiger partial charge >= 0.3 is 11.9 Å². The zero-order valence-corrected chi connectivity index (χ0v) is 10.7. The molecule has 0 fully saturated rings. The fraction of sp³-hybridized carbons (Fsp3) is 0.583. The van der Waals surface area contributed by atoms with Crippen molar-refractivity contribution in [2.75, 3.05) is 13.2 Å². The lowest BCUT2D eigenvalue weighted by atomic mass is 10.1. The van der Waals surface area contributed by atoms with Crippen LogP contribution in [0.15, 0.2) is 12.2 Å². The minimum Gasteiger partial charge on any atom is -0.447 e. The molecule has 108 valence electrons. The lowest BCUT2D eigenvalue weighted by Gasteiger charge is -2.23. The van der Waals surface area contributed by atoms with Gasteiger partial charge in [0.2, 0.25) is 6.10 Å². The second-order valence-electron chi connectivity index (χ2n) is 3.92. The lowest BCUT2D eigenvalue weighted by molar-refractivity contribution is -0.178. The zero-order valence-electron chi connectivity index (χ0n) is 10.7. The molecule has 1 amide bonds. The highest BCUT2D eigenvalue weighted by Gasteiger charge is 2.50. The van der Waals surface area contributed by atoms with E-state index in [1.54, 1.807) is 0 Å². The van der Waals surface area contributed by atoms with E-state index >= 15 is 0 Å². The normalized spacial score (nSPS) is 12.6. The topological polar surface area (TPSA) is 75.6 Å². The Hall–Kier alpha value is -1.63. The molecule has 0 saturated heterocycles. The first-order valence-electron chi connectivity index (χ1n) is 5.70. The van der Waals surface area contributed by atoms with Crippen molar-refractivity contribution in [2.45, 2.75) is 31.8 Å². The number of nitrogens with one attached hydrogen (secondary N) is 1. The van der Waals surface area contributed by atoms with Crippen molar-refractivity contribution in [3.63, 3.8) is 0 Å². The van der Waals surface area contributed by atoms with Crippen molar-refractivity contribution in [3.05, 3.63) is 19.1 Å². The van der Waals surface area contributed by atoms with Crippen molar-refractivity contribution >= 4 is 11.9 Å². The van der Waals surface area contributed by atoms with E-state index in [2.05, 4.69) is 18.2 Å². The van der Waals surface area contributed by atoms with Crippen LogP contribution in [-0.2, 0) is 14.3 Å². The van der Waals surface area contributed by atoms with Crippen molar-refractivity contribution in [3.8, 4) is 0 Å². The first-order chi connectivity index (χ1) is 8.77. The molecule has 0 aliphatic heterocycles. The van der Waals surface area contributed by atoms with Crippen LogP contribution in [0.1, 0.15) is 19.8 Å². The molecule has 0 bridgehead atoms. The molecule has 0 aromatic heterocycles. The Morgan fingerprint density at radius 2 is 2.11 bits per heavy atom. The van der Waals surface area contributed by atoms with Crippen LogP contribution in [0.2, 0.25) is 0 Å². The van der Waals surface area contributed by atoms with Gasteiger partial charge in [0.15, 0.2) is 0 Å². The number of hydrogen-bond donors (Lipinski definition) is 2. The molecule has 0 rings (SSSR count). The summed E-state index contributed by atoms with van der Waals surface area (Å²) >= 11 is 0. The summed E-state index contributed by atoms with van der Waals surface area (Å²) < 4.78 is 31.9. The largest absolute Gasteiger partial charge is 0.447 e. The first kappa shape index (κ1) is 17.4.